The molecule has 3 aliphatic heterocycles. The maximum atomic E-state index is 12.8. The zero-order valence-corrected chi connectivity index (χ0v) is 21.3. The number of ether oxygens (including phenoxy) is 1. The Bertz CT molecular complexity index is 955. The maximum absolute atomic E-state index is 12.8. The molecule has 3 aliphatic rings. The summed E-state index contributed by atoms with van der Waals surface area (Å²) in [4.78, 5) is 17.5. The molecule has 0 radical (unpaired) electrons. The van der Waals surface area contributed by atoms with Crippen LogP contribution in [0.2, 0.25) is 0 Å². The Morgan fingerprint density at radius 2 is 1.74 bits per heavy atom. The fourth-order valence-corrected chi connectivity index (χ4v) is 5.73. The quantitative estimate of drug-likeness (QED) is 0.544. The molecule has 0 saturated carbocycles. The fraction of sp³-hybridized carbons (Fsp3) is 0.552. The van der Waals surface area contributed by atoms with E-state index in [2.05, 4.69) is 59.2 Å². The minimum atomic E-state index is 0. The summed E-state index contributed by atoms with van der Waals surface area (Å²) in [7, 11) is 0. The van der Waals surface area contributed by atoms with Crippen LogP contribution >= 0.6 is 12.4 Å². The van der Waals surface area contributed by atoms with Gasteiger partial charge in [-0.25, -0.2) is 0 Å². The molecule has 1 atom stereocenters. The lowest BCUT2D eigenvalue weighted by Crippen LogP contribution is -2.37. The molecule has 0 aromatic heterocycles. The highest BCUT2D eigenvalue weighted by Gasteiger charge is 2.25. The van der Waals surface area contributed by atoms with E-state index in [0.29, 0.717) is 18.2 Å². The van der Waals surface area contributed by atoms with Crippen molar-refractivity contribution in [3.05, 3.63) is 59.2 Å². The van der Waals surface area contributed by atoms with Crippen LogP contribution in [0.15, 0.2) is 42.5 Å². The second kappa shape index (κ2) is 11.7. The third kappa shape index (κ3) is 6.02. The Morgan fingerprint density at radius 1 is 0.971 bits per heavy atom. The van der Waals surface area contributed by atoms with E-state index in [4.69, 9.17) is 4.74 Å². The van der Waals surface area contributed by atoms with Gasteiger partial charge in [0.1, 0.15) is 0 Å². The van der Waals surface area contributed by atoms with Crippen LogP contribution in [0.3, 0.4) is 0 Å². The molecule has 2 saturated heterocycles. The maximum Gasteiger partial charge on any atom is 0.223 e. The molecule has 5 rings (SSSR count). The van der Waals surface area contributed by atoms with E-state index in [-0.39, 0.29) is 12.4 Å². The minimum absolute atomic E-state index is 0. The molecule has 5 heteroatoms. The van der Waals surface area contributed by atoms with Crippen LogP contribution in [0.25, 0.3) is 11.1 Å². The smallest absolute Gasteiger partial charge is 0.223 e. The minimum Gasteiger partial charge on any atom is -0.381 e. The number of nitrogens with zero attached hydrogens (tertiary/aromatic N) is 2. The van der Waals surface area contributed by atoms with Crippen molar-refractivity contribution in [2.24, 2.45) is 5.92 Å². The monoisotopic (exact) mass is 482 g/mol. The van der Waals surface area contributed by atoms with Gasteiger partial charge in [-0.15, -0.1) is 12.4 Å². The van der Waals surface area contributed by atoms with Gasteiger partial charge in [-0.1, -0.05) is 42.5 Å². The molecule has 3 heterocycles. The van der Waals surface area contributed by atoms with Crippen LogP contribution in [0.1, 0.15) is 55.7 Å². The lowest BCUT2D eigenvalue weighted by molar-refractivity contribution is -0.133. The van der Waals surface area contributed by atoms with E-state index in [0.717, 1.165) is 58.0 Å². The van der Waals surface area contributed by atoms with Crippen LogP contribution in [0.5, 0.6) is 0 Å². The predicted octanol–water partition coefficient (Wildman–Crippen LogP) is 5.50. The Kier molecular flexibility index (Phi) is 8.68. The number of benzene rings is 2. The second-order valence-corrected chi connectivity index (χ2v) is 10.3. The highest BCUT2D eigenvalue weighted by atomic mass is 35.5. The van der Waals surface area contributed by atoms with Crippen molar-refractivity contribution in [1.29, 1.82) is 0 Å². The van der Waals surface area contributed by atoms with Crippen molar-refractivity contribution in [2.75, 3.05) is 32.8 Å². The summed E-state index contributed by atoms with van der Waals surface area (Å²) in [6.45, 7) is 7.99. The van der Waals surface area contributed by atoms with Crippen molar-refractivity contribution in [2.45, 2.75) is 64.5 Å². The van der Waals surface area contributed by atoms with Gasteiger partial charge in [0.25, 0.3) is 0 Å². The lowest BCUT2D eigenvalue weighted by Gasteiger charge is -2.31. The van der Waals surface area contributed by atoms with Gasteiger partial charge in [-0.2, -0.15) is 0 Å². The Hall–Kier alpha value is -1.88. The van der Waals surface area contributed by atoms with E-state index < -0.39 is 0 Å². The summed E-state index contributed by atoms with van der Waals surface area (Å²) in [5.74, 6) is 0.812. The average Bonchev–Trinajstić information content (AvgIpc) is 3.27. The predicted molar refractivity (Wildman–Crippen MR) is 140 cm³/mol. The van der Waals surface area contributed by atoms with E-state index in [1.54, 1.807) is 0 Å². The van der Waals surface area contributed by atoms with Crippen molar-refractivity contribution < 1.29 is 9.53 Å². The number of halogens is 1. The number of fused-ring (bicyclic) bond motifs is 1. The molecule has 1 unspecified atom stereocenters. The Balaban J connectivity index is 0.00000274. The van der Waals surface area contributed by atoms with Crippen LogP contribution in [-0.2, 0) is 28.9 Å². The van der Waals surface area contributed by atoms with E-state index >= 15 is 0 Å². The Labute approximate surface area is 211 Å². The van der Waals surface area contributed by atoms with Crippen molar-refractivity contribution in [3.8, 4) is 11.1 Å². The van der Waals surface area contributed by atoms with Gasteiger partial charge in [0, 0.05) is 45.3 Å². The molecule has 0 bridgehead atoms. The van der Waals surface area contributed by atoms with E-state index in [1.807, 2.05) is 0 Å². The fourth-order valence-electron chi connectivity index (χ4n) is 5.73. The highest BCUT2D eigenvalue weighted by Crippen LogP contribution is 2.28. The molecule has 0 N–H and O–H groups in total. The molecule has 184 valence electrons. The summed E-state index contributed by atoms with van der Waals surface area (Å²) in [6, 6.07) is 16.7. The molecular formula is C29H39ClN2O2. The number of likely N-dealkylation sites (tertiary alicyclic amines) is 1. The number of rotatable bonds is 6. The van der Waals surface area contributed by atoms with Gasteiger partial charge in [0.15, 0.2) is 0 Å². The van der Waals surface area contributed by atoms with E-state index in [1.165, 1.54) is 53.7 Å². The molecule has 2 aromatic rings. The first-order chi connectivity index (χ1) is 16.2. The number of carbonyl (C=O) groups excluding carboxylic acids is 1. The summed E-state index contributed by atoms with van der Waals surface area (Å²) < 4.78 is 5.44. The molecule has 0 spiro atoms. The summed E-state index contributed by atoms with van der Waals surface area (Å²) >= 11 is 0. The molecular weight excluding hydrogens is 444 g/mol. The first-order valence-electron chi connectivity index (χ1n) is 13.0. The van der Waals surface area contributed by atoms with Crippen LogP contribution in [0, 0.1) is 5.92 Å². The summed E-state index contributed by atoms with van der Waals surface area (Å²) in [6.07, 6.45) is 7.51. The van der Waals surface area contributed by atoms with Crippen LogP contribution in [-0.4, -0.2) is 54.6 Å². The first kappa shape index (κ1) is 25.2. The van der Waals surface area contributed by atoms with Gasteiger partial charge in [-0.3, -0.25) is 4.79 Å². The average molecular weight is 483 g/mol. The van der Waals surface area contributed by atoms with E-state index in [9.17, 15) is 4.79 Å². The third-order valence-electron chi connectivity index (χ3n) is 8.04. The third-order valence-corrected chi connectivity index (χ3v) is 8.04. The van der Waals surface area contributed by atoms with Crippen LogP contribution < -0.4 is 0 Å². The lowest BCUT2D eigenvalue weighted by atomic mass is 9.92. The van der Waals surface area contributed by atoms with Crippen LogP contribution in [0.4, 0.5) is 0 Å². The largest absolute Gasteiger partial charge is 0.381 e. The molecule has 4 nitrogen and oxygen atoms in total. The zero-order chi connectivity index (χ0) is 22.6. The first-order valence-corrected chi connectivity index (χ1v) is 13.0. The van der Waals surface area contributed by atoms with Gasteiger partial charge < -0.3 is 14.5 Å². The van der Waals surface area contributed by atoms with Gasteiger partial charge in [0.05, 0.1) is 0 Å². The zero-order valence-electron chi connectivity index (χ0n) is 20.5. The number of carbonyl (C=O) groups is 1. The molecule has 34 heavy (non-hydrogen) atoms. The number of hydrogen-bond acceptors (Lipinski definition) is 3. The van der Waals surface area contributed by atoms with Gasteiger partial charge >= 0.3 is 0 Å². The molecule has 1 amide bonds. The molecule has 2 fully saturated rings. The topological polar surface area (TPSA) is 32.8 Å². The SMILES string of the molecule is CC1CCCN1CCc1ccc(-c2ccc3c(c2)CCN(C(=O)CC2CCOCC2)C3)cc1.Cl. The number of amides is 1. The van der Waals surface area contributed by atoms with Gasteiger partial charge in [0.2, 0.25) is 5.91 Å². The normalized spacial score (nSPS) is 21.2. The second-order valence-electron chi connectivity index (χ2n) is 10.3. The van der Waals surface area contributed by atoms with Crippen molar-refractivity contribution >= 4 is 18.3 Å². The summed E-state index contributed by atoms with van der Waals surface area (Å²) in [5.41, 5.74) is 6.70. The summed E-state index contributed by atoms with van der Waals surface area (Å²) in [5, 5.41) is 0. The standard InChI is InChI=1S/C29H38N2O2.ClH/c1-22-3-2-14-30(22)15-10-23-4-6-25(7-5-23)26-8-9-28-21-31(16-11-27(28)20-26)29(32)19-24-12-17-33-18-13-24;/h4-9,20,22,24H,2-3,10-19,21H2,1H3;1H. The Morgan fingerprint density at radius 3 is 2.47 bits per heavy atom. The number of hydrogen-bond donors (Lipinski definition) is 0. The molecule has 2 aromatic carbocycles. The highest BCUT2D eigenvalue weighted by molar-refractivity contribution is 5.85. The molecule has 0 aliphatic carbocycles. The van der Waals surface area contributed by atoms with Crippen molar-refractivity contribution in [1.82, 2.24) is 9.80 Å². The van der Waals surface area contributed by atoms with Crippen molar-refractivity contribution in [3.63, 3.8) is 0 Å². The van der Waals surface area contributed by atoms with Gasteiger partial charge in [-0.05, 0) is 85.7 Å².